The van der Waals surface area contributed by atoms with Crippen LogP contribution in [0.3, 0.4) is 0 Å². The van der Waals surface area contributed by atoms with Crippen molar-refractivity contribution in [2.45, 2.75) is 12.7 Å². The van der Waals surface area contributed by atoms with Crippen LogP contribution in [0.1, 0.15) is 21.5 Å². The normalized spacial score (nSPS) is 11.3. The molecule has 34 heavy (non-hydrogen) atoms. The molecule has 0 spiro atoms. The molecule has 0 radical (unpaired) electrons. The maximum absolute atomic E-state index is 12.8. The fraction of sp³-hybridized carbons (Fsp3) is 0.0800. The van der Waals surface area contributed by atoms with Crippen molar-refractivity contribution in [3.05, 3.63) is 112 Å². The number of carbonyl (C=O) groups is 1. The molecule has 0 aliphatic heterocycles. The van der Waals surface area contributed by atoms with Gasteiger partial charge >= 0.3 is 6.18 Å². The molecule has 3 aromatic carbocycles. The number of hydrogen-bond acceptors (Lipinski definition) is 4. The molecule has 4 rings (SSSR count). The number of anilines is 2. The molecule has 3 N–H and O–H groups in total. The Hall–Kier alpha value is -4.40. The highest BCUT2D eigenvalue weighted by molar-refractivity contribution is 6.05. The van der Waals surface area contributed by atoms with Crippen LogP contribution in [0.4, 0.5) is 24.5 Å². The van der Waals surface area contributed by atoms with E-state index >= 15 is 0 Å². The van der Waals surface area contributed by atoms with Gasteiger partial charge in [-0.1, -0.05) is 36.4 Å². The van der Waals surface area contributed by atoms with Gasteiger partial charge in [0.2, 0.25) is 0 Å². The van der Waals surface area contributed by atoms with Crippen LogP contribution >= 0.6 is 0 Å². The van der Waals surface area contributed by atoms with E-state index < -0.39 is 11.7 Å². The summed E-state index contributed by atoms with van der Waals surface area (Å²) < 4.78 is 39.6. The number of aromatic nitrogens is 2. The number of nitrogen functional groups attached to an aromatic ring is 1. The minimum atomic E-state index is -4.43. The van der Waals surface area contributed by atoms with E-state index in [1.807, 2.05) is 0 Å². The summed E-state index contributed by atoms with van der Waals surface area (Å²) in [6.07, 6.45) is -4.43. The zero-order chi connectivity index (χ0) is 24.3. The maximum Gasteiger partial charge on any atom is 0.416 e. The van der Waals surface area contributed by atoms with Crippen LogP contribution in [0.2, 0.25) is 0 Å². The number of benzene rings is 3. The van der Waals surface area contributed by atoms with Gasteiger partial charge in [0, 0.05) is 17.2 Å². The van der Waals surface area contributed by atoms with Gasteiger partial charge < -0.3 is 11.1 Å². The lowest BCUT2D eigenvalue weighted by molar-refractivity contribution is -0.137. The second kappa shape index (κ2) is 9.22. The fourth-order valence-corrected chi connectivity index (χ4v) is 3.29. The van der Waals surface area contributed by atoms with Crippen molar-refractivity contribution in [3.8, 4) is 11.3 Å². The quantitative estimate of drug-likeness (QED) is 0.415. The van der Waals surface area contributed by atoms with Crippen LogP contribution < -0.4 is 16.6 Å². The van der Waals surface area contributed by atoms with Crippen LogP contribution in [0, 0.1) is 0 Å². The van der Waals surface area contributed by atoms with Crippen LogP contribution in [-0.4, -0.2) is 15.7 Å². The molecule has 0 saturated heterocycles. The Balaban J connectivity index is 1.50. The summed E-state index contributed by atoms with van der Waals surface area (Å²) in [6, 6.07) is 20.9. The lowest BCUT2D eigenvalue weighted by Gasteiger charge is -2.10. The van der Waals surface area contributed by atoms with E-state index in [2.05, 4.69) is 10.4 Å². The zero-order valence-corrected chi connectivity index (χ0v) is 17.7. The van der Waals surface area contributed by atoms with Gasteiger partial charge in [0.05, 0.1) is 29.2 Å². The second-order valence-corrected chi connectivity index (χ2v) is 7.53. The Morgan fingerprint density at radius 2 is 1.59 bits per heavy atom. The molecule has 172 valence electrons. The number of carbonyl (C=O) groups excluding carboxylic acids is 1. The molecule has 1 heterocycles. The first-order valence-electron chi connectivity index (χ1n) is 10.2. The molecule has 4 aromatic rings. The molecular weight excluding hydrogens is 445 g/mol. The summed E-state index contributed by atoms with van der Waals surface area (Å²) in [5.41, 5.74) is 7.62. The van der Waals surface area contributed by atoms with Gasteiger partial charge in [0.15, 0.2) is 0 Å². The van der Waals surface area contributed by atoms with Gasteiger partial charge in [-0.15, -0.1) is 0 Å². The number of para-hydroxylation sites is 2. The molecule has 9 heteroatoms. The van der Waals surface area contributed by atoms with Crippen molar-refractivity contribution >= 4 is 17.3 Å². The van der Waals surface area contributed by atoms with E-state index in [1.54, 1.807) is 48.5 Å². The predicted octanol–water partition coefficient (Wildman–Crippen LogP) is 4.81. The number of nitrogens with two attached hydrogens (primary N) is 1. The summed E-state index contributed by atoms with van der Waals surface area (Å²) in [5.74, 6) is -0.330. The number of amides is 1. The first-order chi connectivity index (χ1) is 16.2. The molecule has 0 bridgehead atoms. The van der Waals surface area contributed by atoms with Gasteiger partial charge in [0.1, 0.15) is 0 Å². The monoisotopic (exact) mass is 464 g/mol. The van der Waals surface area contributed by atoms with E-state index in [1.165, 1.54) is 28.9 Å². The Labute approximate surface area is 192 Å². The highest BCUT2D eigenvalue weighted by Gasteiger charge is 2.30. The highest BCUT2D eigenvalue weighted by atomic mass is 19.4. The van der Waals surface area contributed by atoms with Crippen molar-refractivity contribution in [2.24, 2.45) is 0 Å². The highest BCUT2D eigenvalue weighted by Crippen LogP contribution is 2.30. The number of nitrogens with one attached hydrogen (secondary N) is 1. The zero-order valence-electron chi connectivity index (χ0n) is 17.7. The lowest BCUT2D eigenvalue weighted by Crippen LogP contribution is -2.23. The molecule has 0 saturated carbocycles. The van der Waals surface area contributed by atoms with Gasteiger partial charge in [-0.05, 0) is 48.0 Å². The first kappa shape index (κ1) is 22.8. The van der Waals surface area contributed by atoms with Crippen LogP contribution in [0.5, 0.6) is 0 Å². The first-order valence-corrected chi connectivity index (χ1v) is 10.2. The molecule has 0 unspecified atom stereocenters. The number of alkyl halides is 3. The van der Waals surface area contributed by atoms with E-state index in [4.69, 9.17) is 5.73 Å². The van der Waals surface area contributed by atoms with Crippen molar-refractivity contribution in [1.29, 1.82) is 0 Å². The lowest BCUT2D eigenvalue weighted by atomic mass is 10.1. The Bertz CT molecular complexity index is 1380. The molecule has 1 aromatic heterocycles. The van der Waals surface area contributed by atoms with Crippen molar-refractivity contribution in [3.63, 3.8) is 0 Å². The standard InChI is InChI=1S/C25H19F3N4O2/c26-25(27,28)19-11-9-17(10-12-19)21-13-14-23(33)32(31-21)15-16-5-7-18(8-6-16)24(34)30-22-4-2-1-3-20(22)29/h1-14H,15,29H2,(H,30,34). The molecule has 0 atom stereocenters. The summed E-state index contributed by atoms with van der Waals surface area (Å²) in [4.78, 5) is 24.8. The minimum Gasteiger partial charge on any atom is -0.397 e. The molecule has 0 aliphatic carbocycles. The van der Waals surface area contributed by atoms with Gasteiger partial charge in [-0.25, -0.2) is 4.68 Å². The number of hydrogen-bond donors (Lipinski definition) is 2. The third-order valence-corrected chi connectivity index (χ3v) is 5.13. The van der Waals surface area contributed by atoms with Gasteiger partial charge in [-0.3, -0.25) is 9.59 Å². The third-order valence-electron chi connectivity index (χ3n) is 5.13. The second-order valence-electron chi connectivity index (χ2n) is 7.53. The van der Waals surface area contributed by atoms with E-state index in [0.29, 0.717) is 28.2 Å². The summed E-state index contributed by atoms with van der Waals surface area (Å²) in [5, 5.41) is 7.02. The molecule has 0 aliphatic rings. The Morgan fingerprint density at radius 1 is 0.912 bits per heavy atom. The fourth-order valence-electron chi connectivity index (χ4n) is 3.29. The van der Waals surface area contributed by atoms with Crippen molar-refractivity contribution < 1.29 is 18.0 Å². The minimum absolute atomic E-state index is 0.126. The van der Waals surface area contributed by atoms with E-state index in [9.17, 15) is 22.8 Å². The van der Waals surface area contributed by atoms with E-state index in [-0.39, 0.29) is 18.0 Å². The smallest absolute Gasteiger partial charge is 0.397 e. The summed E-state index contributed by atoms with van der Waals surface area (Å²) >= 11 is 0. The molecule has 1 amide bonds. The SMILES string of the molecule is Nc1ccccc1NC(=O)c1ccc(Cn2nc(-c3ccc(C(F)(F)F)cc3)ccc2=O)cc1. The van der Waals surface area contributed by atoms with E-state index in [0.717, 1.165) is 17.7 Å². The largest absolute Gasteiger partial charge is 0.416 e. The average molecular weight is 464 g/mol. The van der Waals surface area contributed by atoms with Crippen LogP contribution in [0.25, 0.3) is 11.3 Å². The number of rotatable bonds is 5. The third kappa shape index (κ3) is 5.15. The van der Waals surface area contributed by atoms with Crippen molar-refractivity contribution in [1.82, 2.24) is 9.78 Å². The average Bonchev–Trinajstić information content (AvgIpc) is 2.82. The summed E-state index contributed by atoms with van der Waals surface area (Å²) in [7, 11) is 0. The number of nitrogens with zero attached hydrogens (tertiary/aromatic N) is 2. The molecule has 0 fully saturated rings. The molecule has 6 nitrogen and oxygen atoms in total. The van der Waals surface area contributed by atoms with Crippen LogP contribution in [-0.2, 0) is 12.7 Å². The number of halogens is 3. The topological polar surface area (TPSA) is 90.0 Å². The van der Waals surface area contributed by atoms with Crippen molar-refractivity contribution in [2.75, 3.05) is 11.1 Å². The summed E-state index contributed by atoms with van der Waals surface area (Å²) in [6.45, 7) is 0.126. The molecular formula is C25H19F3N4O2. The maximum atomic E-state index is 12.8. The Kier molecular flexibility index (Phi) is 6.18. The Morgan fingerprint density at radius 3 is 2.24 bits per heavy atom. The van der Waals surface area contributed by atoms with Gasteiger partial charge in [0.25, 0.3) is 11.5 Å². The van der Waals surface area contributed by atoms with Crippen LogP contribution in [0.15, 0.2) is 89.7 Å². The van der Waals surface area contributed by atoms with Gasteiger partial charge in [-0.2, -0.15) is 18.3 Å². The predicted molar refractivity (Wildman–Crippen MR) is 123 cm³/mol.